The molecule has 2 saturated heterocycles. The van der Waals surface area contributed by atoms with Crippen LogP contribution >= 0.6 is 0 Å². The van der Waals surface area contributed by atoms with E-state index in [9.17, 15) is 0 Å². The van der Waals surface area contributed by atoms with Crippen LogP contribution in [0.3, 0.4) is 0 Å². The van der Waals surface area contributed by atoms with Gasteiger partial charge in [0, 0.05) is 25.7 Å². The molecule has 2 unspecified atom stereocenters. The van der Waals surface area contributed by atoms with Crippen molar-refractivity contribution in [2.75, 3.05) is 13.7 Å². The van der Waals surface area contributed by atoms with Crippen LogP contribution in [0.15, 0.2) is 0 Å². The van der Waals surface area contributed by atoms with Gasteiger partial charge in [0.05, 0.1) is 12.2 Å². The molecule has 0 aromatic heterocycles. The molecule has 0 aromatic rings. The molecule has 0 spiro atoms. The molecule has 2 aliphatic rings. The van der Waals surface area contributed by atoms with E-state index in [0.717, 1.165) is 19.4 Å². The Morgan fingerprint density at radius 2 is 1.24 bits per heavy atom. The van der Waals surface area contributed by atoms with Gasteiger partial charge in [0.15, 0.2) is 0 Å². The molecule has 5 heteroatoms. The van der Waals surface area contributed by atoms with Gasteiger partial charge in [-0.05, 0) is 56.8 Å². The minimum absolute atomic E-state index is 0.0125. The molecule has 0 amide bonds. The number of hydrogen-bond donors (Lipinski definition) is 0. The van der Waals surface area contributed by atoms with Crippen LogP contribution in [0, 0.1) is 23.7 Å². The van der Waals surface area contributed by atoms with Gasteiger partial charge in [-0.25, -0.2) is 0 Å². The van der Waals surface area contributed by atoms with E-state index in [1.54, 1.807) is 7.11 Å². The number of ether oxygens (including phenoxy) is 3. The van der Waals surface area contributed by atoms with Gasteiger partial charge in [0.25, 0.3) is 0 Å². The maximum absolute atomic E-state index is 5.88. The molecule has 2 aliphatic heterocycles. The van der Waals surface area contributed by atoms with Crippen LogP contribution in [0.2, 0.25) is 0 Å². The van der Waals surface area contributed by atoms with Crippen molar-refractivity contribution in [3.8, 4) is 0 Å². The standard InChI is InChI=1S/C10H19BO2.C10H19BO/c1-7-8(2)13-10(11)9(7)5-4-6-12-3;1-4-5-6-9-7(2)8(3)12-10(9)11/h7-10H,4-6H2,1-3H3;7-10H,4-6H2,1-3H3/t2*7?,8-,9-,10-/m11/s1. The predicted molar refractivity (Wildman–Crippen MR) is 106 cm³/mol. The lowest BCUT2D eigenvalue weighted by Crippen LogP contribution is -2.20. The molecule has 0 aliphatic carbocycles. The third-order valence-electron chi connectivity index (χ3n) is 6.20. The predicted octanol–water partition coefficient (Wildman–Crippen LogP) is 3.92. The Morgan fingerprint density at radius 1 is 0.800 bits per heavy atom. The van der Waals surface area contributed by atoms with Crippen LogP contribution in [0.4, 0.5) is 0 Å². The molecule has 142 valence electrons. The van der Waals surface area contributed by atoms with Gasteiger partial charge in [-0.1, -0.05) is 33.6 Å². The summed E-state index contributed by atoms with van der Waals surface area (Å²) in [4.78, 5) is 0. The summed E-state index contributed by atoms with van der Waals surface area (Å²) in [6.45, 7) is 11.7. The van der Waals surface area contributed by atoms with Crippen LogP contribution in [0.25, 0.3) is 0 Å². The lowest BCUT2D eigenvalue weighted by Gasteiger charge is -2.18. The number of methoxy groups -OCH3 is 1. The van der Waals surface area contributed by atoms with Gasteiger partial charge in [-0.3, -0.25) is 0 Å². The Balaban J connectivity index is 0.000000251. The van der Waals surface area contributed by atoms with E-state index in [4.69, 9.17) is 29.9 Å². The average Bonchev–Trinajstić information content (AvgIpc) is 2.95. The topological polar surface area (TPSA) is 27.7 Å². The van der Waals surface area contributed by atoms with Crippen LogP contribution < -0.4 is 0 Å². The van der Waals surface area contributed by atoms with Crippen molar-refractivity contribution >= 4 is 15.7 Å². The SMILES string of the molecule is [B][C@@H]1O[C@H](C)C(C)[C@H]1CCCC.[B][C@@H]1O[C@H](C)C(C)[C@H]1CCCOC. The quantitative estimate of drug-likeness (QED) is 0.516. The van der Waals surface area contributed by atoms with Gasteiger partial charge < -0.3 is 14.2 Å². The summed E-state index contributed by atoms with van der Waals surface area (Å²) in [5.41, 5.74) is 0. The van der Waals surface area contributed by atoms with E-state index in [1.165, 1.54) is 19.3 Å². The van der Waals surface area contributed by atoms with Crippen molar-refractivity contribution in [2.24, 2.45) is 23.7 Å². The van der Waals surface area contributed by atoms with E-state index in [-0.39, 0.29) is 12.0 Å². The van der Waals surface area contributed by atoms with E-state index < -0.39 is 0 Å². The average molecular weight is 348 g/mol. The zero-order chi connectivity index (χ0) is 19.0. The monoisotopic (exact) mass is 348 g/mol. The van der Waals surface area contributed by atoms with E-state index in [2.05, 4.69) is 34.6 Å². The minimum atomic E-state index is -0.0677. The van der Waals surface area contributed by atoms with Crippen molar-refractivity contribution in [3.63, 3.8) is 0 Å². The first kappa shape index (κ1) is 23.0. The van der Waals surface area contributed by atoms with E-state index in [0.29, 0.717) is 35.9 Å². The molecule has 0 saturated carbocycles. The molecule has 0 aromatic carbocycles. The van der Waals surface area contributed by atoms with Crippen LogP contribution in [-0.2, 0) is 14.2 Å². The first-order valence-corrected chi connectivity index (χ1v) is 10.1. The molecular formula is C20H38B2O3. The molecule has 25 heavy (non-hydrogen) atoms. The highest BCUT2D eigenvalue weighted by molar-refractivity contribution is 6.11. The maximum atomic E-state index is 5.88. The zero-order valence-corrected chi connectivity index (χ0v) is 17.2. The van der Waals surface area contributed by atoms with Crippen LogP contribution in [0.1, 0.15) is 66.7 Å². The Bertz CT molecular complexity index is 356. The second-order valence-electron chi connectivity index (χ2n) is 7.93. The highest BCUT2D eigenvalue weighted by atomic mass is 16.5. The third-order valence-corrected chi connectivity index (χ3v) is 6.20. The lowest BCUT2D eigenvalue weighted by atomic mass is 9.78. The fourth-order valence-electron chi connectivity index (χ4n) is 4.00. The molecular weight excluding hydrogens is 310 g/mol. The lowest BCUT2D eigenvalue weighted by molar-refractivity contribution is 0.0838. The molecule has 4 radical (unpaired) electrons. The summed E-state index contributed by atoms with van der Waals surface area (Å²) < 4.78 is 16.1. The Labute approximate surface area is 158 Å². The second kappa shape index (κ2) is 11.7. The molecule has 3 nitrogen and oxygen atoms in total. The summed E-state index contributed by atoms with van der Waals surface area (Å²) in [5.74, 6) is 2.29. The summed E-state index contributed by atoms with van der Waals surface area (Å²) in [7, 11) is 13.5. The first-order chi connectivity index (χ1) is 11.8. The third kappa shape index (κ3) is 6.92. The first-order valence-electron chi connectivity index (χ1n) is 10.1. The summed E-state index contributed by atoms with van der Waals surface area (Å²) in [6, 6.07) is -0.0802. The summed E-state index contributed by atoms with van der Waals surface area (Å²) in [5, 5.41) is 0. The fraction of sp³-hybridized carbons (Fsp3) is 1.00. The van der Waals surface area contributed by atoms with E-state index in [1.807, 2.05) is 0 Å². The zero-order valence-electron chi connectivity index (χ0n) is 17.2. The smallest absolute Gasteiger partial charge is 0.109 e. The minimum Gasteiger partial charge on any atom is -0.385 e. The molecule has 2 rings (SSSR count). The fourth-order valence-corrected chi connectivity index (χ4v) is 4.00. The van der Waals surface area contributed by atoms with Crippen molar-refractivity contribution in [3.05, 3.63) is 0 Å². The molecule has 2 heterocycles. The van der Waals surface area contributed by atoms with Crippen molar-refractivity contribution < 1.29 is 14.2 Å². The highest BCUT2D eigenvalue weighted by Crippen LogP contribution is 2.34. The number of unbranched alkanes of at least 4 members (excludes halogenated alkanes) is 1. The summed E-state index contributed by atoms with van der Waals surface area (Å²) >= 11 is 0. The second-order valence-corrected chi connectivity index (χ2v) is 7.93. The maximum Gasteiger partial charge on any atom is 0.109 e. The number of hydrogen-bond acceptors (Lipinski definition) is 3. The van der Waals surface area contributed by atoms with E-state index >= 15 is 0 Å². The van der Waals surface area contributed by atoms with Crippen molar-refractivity contribution in [1.82, 2.24) is 0 Å². The van der Waals surface area contributed by atoms with Gasteiger partial charge in [-0.2, -0.15) is 0 Å². The normalized spacial score (nSPS) is 40.7. The largest absolute Gasteiger partial charge is 0.385 e. The van der Waals surface area contributed by atoms with Gasteiger partial charge >= 0.3 is 0 Å². The summed E-state index contributed by atoms with van der Waals surface area (Å²) in [6.07, 6.45) is 6.60. The van der Waals surface area contributed by atoms with Crippen molar-refractivity contribution in [2.45, 2.75) is 90.9 Å². The molecule has 2 fully saturated rings. The van der Waals surface area contributed by atoms with Crippen LogP contribution in [-0.4, -0.2) is 53.6 Å². The van der Waals surface area contributed by atoms with Crippen molar-refractivity contribution in [1.29, 1.82) is 0 Å². The van der Waals surface area contributed by atoms with Gasteiger partial charge in [-0.15, -0.1) is 0 Å². The highest BCUT2D eigenvalue weighted by Gasteiger charge is 2.36. The van der Waals surface area contributed by atoms with Gasteiger partial charge in [0.1, 0.15) is 15.7 Å². The molecule has 0 N–H and O–H groups in total. The molecule has 0 bridgehead atoms. The Morgan fingerprint density at radius 3 is 1.56 bits per heavy atom. The Hall–Kier alpha value is 0.00987. The molecule has 8 atom stereocenters. The van der Waals surface area contributed by atoms with Crippen LogP contribution in [0.5, 0.6) is 0 Å². The Kier molecular flexibility index (Phi) is 10.8. The number of rotatable bonds is 7. The van der Waals surface area contributed by atoms with Gasteiger partial charge in [0.2, 0.25) is 0 Å².